The maximum Gasteiger partial charge on any atom is 0.244 e. The number of carbonyl (C=O) groups excluding carboxylic acids is 14. The Labute approximate surface area is 591 Å². The SMILES string of the molecule is CC(=O)NCCCCCC(=O)N[C@@H](Cc1ccc(O)cc1)C(=O)N[C@@H](CS)C(=O)N[C@@H](CC(N)=O)C(=O)NCC(=O)N[C@@H](CCCCN)C(=O)N[C@@H](CCCN=C(N)N)C(=O)N[C@H](C(=O)N[C@@H](CS)C(=O)N[C@H](C(=O)N[C@@H](CS)C(=O)N[C@@H](CCCN=C(N)N)C(N)=O)C(C)C)C(C)C. The van der Waals surface area contributed by atoms with Gasteiger partial charge < -0.3 is 109 Å². The Bertz CT molecular complexity index is 2920. The lowest BCUT2D eigenvalue weighted by Crippen LogP contribution is -2.62. The molecular formula is C60H103N21O15S3. The van der Waals surface area contributed by atoms with Crippen molar-refractivity contribution in [2.75, 3.05) is 50.0 Å². The summed E-state index contributed by atoms with van der Waals surface area (Å²) in [7, 11) is 0. The van der Waals surface area contributed by atoms with Gasteiger partial charge in [0.1, 0.15) is 66.2 Å². The zero-order chi connectivity index (χ0) is 74.9. The highest BCUT2D eigenvalue weighted by atomic mass is 32.1. The number of unbranched alkanes of at least 4 members (excludes halogenated alkanes) is 3. The minimum absolute atomic E-state index is 0.0177. The van der Waals surface area contributed by atoms with Crippen molar-refractivity contribution in [1.82, 2.24) is 63.8 Å². The van der Waals surface area contributed by atoms with Gasteiger partial charge in [-0.3, -0.25) is 77.1 Å². The summed E-state index contributed by atoms with van der Waals surface area (Å²) in [6.45, 7) is 7.62. The number of phenols is 1. The fourth-order valence-electron chi connectivity index (χ4n) is 9.24. The Morgan fingerprint density at radius 2 is 0.859 bits per heavy atom. The van der Waals surface area contributed by atoms with E-state index < -0.39 is 162 Å². The molecule has 99 heavy (non-hydrogen) atoms. The molecule has 0 unspecified atom stereocenters. The fourth-order valence-corrected chi connectivity index (χ4v) is 10.0. The lowest BCUT2D eigenvalue weighted by molar-refractivity contribution is -0.136. The Balaban J connectivity index is 3.33. The molecule has 0 saturated heterocycles. The Hall–Kier alpha value is -8.85. The number of aliphatic imine (C=N–C) groups is 2. The van der Waals surface area contributed by atoms with Gasteiger partial charge in [0, 0.05) is 56.7 Å². The maximum atomic E-state index is 14.3. The first kappa shape index (κ1) is 88.2. The smallest absolute Gasteiger partial charge is 0.244 e. The van der Waals surface area contributed by atoms with Gasteiger partial charge in [-0.25, -0.2) is 0 Å². The summed E-state index contributed by atoms with van der Waals surface area (Å²) in [5, 5.41) is 40.1. The molecule has 0 aromatic heterocycles. The quantitative estimate of drug-likeness (QED) is 0.0125. The molecule has 27 N–H and O–H groups in total. The summed E-state index contributed by atoms with van der Waals surface area (Å²) in [6, 6.07) is -8.09. The van der Waals surface area contributed by atoms with E-state index in [1.165, 1.54) is 31.2 Å². The van der Waals surface area contributed by atoms with Crippen LogP contribution < -0.4 is 104 Å². The molecule has 0 heterocycles. The van der Waals surface area contributed by atoms with Crippen LogP contribution in [0.5, 0.6) is 5.75 Å². The number of nitrogens with zero attached hydrogens (tertiary/aromatic N) is 2. The van der Waals surface area contributed by atoms with Crippen LogP contribution in [-0.4, -0.2) is 210 Å². The molecule has 10 atom stereocenters. The van der Waals surface area contributed by atoms with Gasteiger partial charge in [-0.15, -0.1) is 0 Å². The molecule has 0 bridgehead atoms. The van der Waals surface area contributed by atoms with Crippen LogP contribution in [0.1, 0.15) is 117 Å². The average molecular weight is 1450 g/mol. The van der Waals surface area contributed by atoms with Crippen LogP contribution >= 0.6 is 37.9 Å². The van der Waals surface area contributed by atoms with Crippen molar-refractivity contribution in [3.63, 3.8) is 0 Å². The third kappa shape index (κ3) is 36.5. The highest BCUT2D eigenvalue weighted by molar-refractivity contribution is 7.80. The number of carbonyl (C=O) groups is 14. The molecule has 36 nitrogen and oxygen atoms in total. The second kappa shape index (κ2) is 48.0. The van der Waals surface area contributed by atoms with E-state index in [-0.39, 0.29) is 112 Å². The molecule has 1 rings (SSSR count). The number of thiol groups is 3. The molecule has 0 spiro atoms. The Morgan fingerprint density at radius 1 is 0.444 bits per heavy atom. The van der Waals surface area contributed by atoms with Gasteiger partial charge >= 0.3 is 0 Å². The first-order valence-corrected chi connectivity index (χ1v) is 34.1. The molecule has 0 aliphatic rings. The van der Waals surface area contributed by atoms with Gasteiger partial charge in [-0.05, 0) is 93.9 Å². The molecule has 0 radical (unpaired) electrons. The van der Waals surface area contributed by atoms with Crippen LogP contribution in [0, 0.1) is 11.8 Å². The molecule has 1 aromatic carbocycles. The van der Waals surface area contributed by atoms with Crippen molar-refractivity contribution in [2.24, 2.45) is 62.0 Å². The number of amides is 14. The number of hydrogen-bond donors (Lipinski definition) is 23. The Morgan fingerprint density at radius 3 is 1.32 bits per heavy atom. The minimum Gasteiger partial charge on any atom is -0.508 e. The summed E-state index contributed by atoms with van der Waals surface area (Å²) in [6.07, 6.45) is 1.62. The van der Waals surface area contributed by atoms with E-state index in [9.17, 15) is 72.2 Å². The number of phenolic OH excluding ortho intramolecular Hbond substituents is 1. The number of primary amides is 2. The van der Waals surface area contributed by atoms with E-state index in [1.807, 2.05) is 0 Å². The van der Waals surface area contributed by atoms with Crippen LogP contribution in [0.15, 0.2) is 34.3 Å². The molecule has 556 valence electrons. The first-order chi connectivity index (χ1) is 46.7. The number of rotatable bonds is 49. The van der Waals surface area contributed by atoms with Crippen molar-refractivity contribution >= 4 is 133 Å². The lowest BCUT2D eigenvalue weighted by Gasteiger charge is -2.29. The van der Waals surface area contributed by atoms with Crippen molar-refractivity contribution in [3.05, 3.63) is 29.8 Å². The summed E-state index contributed by atoms with van der Waals surface area (Å²) >= 11 is 12.7. The zero-order valence-corrected chi connectivity index (χ0v) is 59.2. The summed E-state index contributed by atoms with van der Waals surface area (Å²) in [4.78, 5) is 195. The summed E-state index contributed by atoms with van der Waals surface area (Å²) in [5.74, 6) is -14.4. The largest absolute Gasteiger partial charge is 0.508 e. The van der Waals surface area contributed by atoms with Gasteiger partial charge in [-0.2, -0.15) is 37.9 Å². The standard InChI is InChI=1S/C60H103N21O15S3/c1-31(2)47(57(95)79-43(30-99)56(94)81-48(32(3)4)58(96)78-42(29-98)54(92)74-36(49(63)87)14-11-23-69-59(64)65)80-52(90)38(15-12-24-70-60(66)67)75-51(89)37(13-8-9-21-61)72-46(86)27-71-50(88)40(26-44(62)84)76-55(93)41(28-97)77-53(91)39(25-34-17-19-35(83)20-18-34)73-45(85)16-7-6-10-22-68-33(5)82/h17-20,31-32,36-43,47-48,83,97-99H,6-16,21-30,61H2,1-5H3,(H2,62,84)(H2,63,87)(H,68,82)(H,71,88)(H,72,86)(H,73,85)(H,74,92)(H,75,89)(H,76,93)(H,77,91)(H,78,96)(H,79,95)(H,80,90)(H,81,94)(H4,64,65,69)(H4,66,67,70)/t36-,37-,38-,39-,40-,41-,42-,43-,47-,48-/m0/s1. The topological polar surface area (TPSA) is 610 Å². The van der Waals surface area contributed by atoms with Crippen molar-refractivity contribution in [1.29, 1.82) is 0 Å². The molecule has 0 aliphatic carbocycles. The number of aromatic hydroxyl groups is 1. The van der Waals surface area contributed by atoms with E-state index in [1.54, 1.807) is 27.7 Å². The predicted octanol–water partition coefficient (Wildman–Crippen LogP) is -6.71. The number of guanidine groups is 2. The van der Waals surface area contributed by atoms with Gasteiger partial charge in [0.15, 0.2) is 11.9 Å². The molecule has 0 saturated carbocycles. The normalized spacial score (nSPS) is 14.0. The number of benzene rings is 1. The number of nitrogens with two attached hydrogens (primary N) is 7. The van der Waals surface area contributed by atoms with Crippen LogP contribution in [0.2, 0.25) is 0 Å². The summed E-state index contributed by atoms with van der Waals surface area (Å²) < 4.78 is 0. The van der Waals surface area contributed by atoms with E-state index in [0.717, 1.165) is 0 Å². The van der Waals surface area contributed by atoms with Gasteiger partial charge in [0.25, 0.3) is 0 Å². The molecule has 1 aromatic rings. The highest BCUT2D eigenvalue weighted by Crippen LogP contribution is 2.14. The highest BCUT2D eigenvalue weighted by Gasteiger charge is 2.36. The fraction of sp³-hybridized carbons (Fsp3) is 0.633. The third-order valence-corrected chi connectivity index (χ3v) is 15.8. The van der Waals surface area contributed by atoms with Gasteiger partial charge in [0.2, 0.25) is 82.7 Å². The van der Waals surface area contributed by atoms with E-state index in [2.05, 4.69) is 112 Å². The number of hydrogen-bond acceptors (Lipinski definition) is 21. The number of nitrogens with one attached hydrogen (secondary N) is 12. The first-order valence-electron chi connectivity index (χ1n) is 32.2. The Kier molecular flexibility index (Phi) is 42.7. The average Bonchev–Trinajstić information content (AvgIpc) is 0.885. The van der Waals surface area contributed by atoms with Gasteiger partial charge in [0.05, 0.1) is 13.0 Å². The van der Waals surface area contributed by atoms with Crippen molar-refractivity contribution < 1.29 is 72.2 Å². The maximum absolute atomic E-state index is 14.3. The van der Waals surface area contributed by atoms with Crippen LogP contribution in [0.4, 0.5) is 0 Å². The summed E-state index contributed by atoms with van der Waals surface area (Å²) in [5.41, 5.74) is 39.0. The van der Waals surface area contributed by atoms with Crippen molar-refractivity contribution in [2.45, 2.75) is 179 Å². The second-order valence-corrected chi connectivity index (χ2v) is 24.8. The lowest BCUT2D eigenvalue weighted by atomic mass is 10.0. The molecular weight excluding hydrogens is 1350 g/mol. The molecule has 14 amide bonds. The van der Waals surface area contributed by atoms with Crippen LogP contribution in [0.3, 0.4) is 0 Å². The van der Waals surface area contributed by atoms with E-state index in [0.29, 0.717) is 37.8 Å². The molecule has 0 aliphatic heterocycles. The van der Waals surface area contributed by atoms with Crippen LogP contribution in [0.25, 0.3) is 0 Å². The van der Waals surface area contributed by atoms with E-state index in [4.69, 9.17) is 40.1 Å². The third-order valence-electron chi connectivity index (χ3n) is 14.7. The molecule has 0 fully saturated rings. The van der Waals surface area contributed by atoms with Crippen molar-refractivity contribution in [3.8, 4) is 5.75 Å². The zero-order valence-electron chi connectivity index (χ0n) is 56.5. The second-order valence-electron chi connectivity index (χ2n) is 23.8. The monoisotopic (exact) mass is 1450 g/mol. The minimum atomic E-state index is -1.73. The predicted molar refractivity (Wildman–Crippen MR) is 378 cm³/mol. The molecule has 39 heteroatoms. The van der Waals surface area contributed by atoms with Gasteiger partial charge in [-0.1, -0.05) is 46.2 Å². The van der Waals surface area contributed by atoms with Crippen LogP contribution in [-0.2, 0) is 73.5 Å². The van der Waals surface area contributed by atoms with E-state index >= 15 is 0 Å².